The van der Waals surface area contributed by atoms with Gasteiger partial charge >= 0.3 is 0 Å². The number of hydrogen-bond acceptors (Lipinski definition) is 0. The molecule has 0 radical (unpaired) electrons. The van der Waals surface area contributed by atoms with E-state index in [0.717, 1.165) is 6.42 Å². The monoisotopic (exact) mass is 228 g/mol. The predicted octanol–water partition coefficient (Wildman–Crippen LogP) is 4.24. The van der Waals surface area contributed by atoms with Crippen molar-refractivity contribution in [3.05, 3.63) is 71.8 Å². The van der Waals surface area contributed by atoms with Gasteiger partial charge in [0, 0.05) is 0 Å². The lowest BCUT2D eigenvalue weighted by molar-refractivity contribution is 0.803. The topological polar surface area (TPSA) is 0 Å². The standard InChI is InChI=1S/C15H17P/c16-15(14-9-5-2-6-10-14)12-11-13-7-3-1-4-8-13/h1-10,15H,11-12,16H2. The molecular formula is C15H17P. The average Bonchev–Trinajstić information content (AvgIpc) is 2.38. The van der Waals surface area contributed by atoms with Crippen LogP contribution in [0, 0.1) is 0 Å². The molecule has 0 aliphatic carbocycles. The first-order valence-electron chi connectivity index (χ1n) is 5.71. The first-order valence-corrected chi connectivity index (χ1v) is 6.37. The Hall–Kier alpha value is -1.13. The zero-order valence-electron chi connectivity index (χ0n) is 9.34. The third-order valence-corrected chi connectivity index (χ3v) is 3.53. The molecule has 2 aromatic rings. The Labute approximate surface area is 99.9 Å². The fourth-order valence-electron chi connectivity index (χ4n) is 1.83. The predicted molar refractivity (Wildman–Crippen MR) is 73.7 cm³/mol. The molecule has 0 amide bonds. The van der Waals surface area contributed by atoms with E-state index in [1.54, 1.807) is 0 Å². The van der Waals surface area contributed by atoms with Crippen molar-refractivity contribution in [2.45, 2.75) is 18.5 Å². The lowest BCUT2D eigenvalue weighted by Gasteiger charge is -2.11. The lowest BCUT2D eigenvalue weighted by Crippen LogP contribution is -1.93. The summed E-state index contributed by atoms with van der Waals surface area (Å²) in [5.74, 6) is 0. The maximum atomic E-state index is 2.94. The highest BCUT2D eigenvalue weighted by Gasteiger charge is 2.04. The Morgan fingerprint density at radius 3 is 2.00 bits per heavy atom. The molecule has 0 spiro atoms. The molecule has 2 aromatic carbocycles. The molecule has 0 aliphatic rings. The Bertz CT molecular complexity index is 408. The molecule has 2 rings (SSSR count). The molecule has 0 saturated carbocycles. The van der Waals surface area contributed by atoms with E-state index in [4.69, 9.17) is 0 Å². The highest BCUT2D eigenvalue weighted by molar-refractivity contribution is 7.17. The molecule has 0 heterocycles. The van der Waals surface area contributed by atoms with Crippen LogP contribution in [0.5, 0.6) is 0 Å². The molecule has 2 unspecified atom stereocenters. The molecular weight excluding hydrogens is 211 g/mol. The fraction of sp³-hybridized carbons (Fsp3) is 0.200. The van der Waals surface area contributed by atoms with E-state index in [2.05, 4.69) is 69.9 Å². The highest BCUT2D eigenvalue weighted by Crippen LogP contribution is 2.27. The van der Waals surface area contributed by atoms with Crippen LogP contribution < -0.4 is 0 Å². The summed E-state index contributed by atoms with van der Waals surface area (Å²) in [7, 11) is 2.94. The van der Waals surface area contributed by atoms with Gasteiger partial charge in [0.1, 0.15) is 0 Å². The van der Waals surface area contributed by atoms with Gasteiger partial charge in [-0.1, -0.05) is 60.7 Å². The fourth-order valence-corrected chi connectivity index (χ4v) is 2.22. The van der Waals surface area contributed by atoms with Crippen LogP contribution in [-0.2, 0) is 6.42 Å². The second kappa shape index (κ2) is 5.82. The Morgan fingerprint density at radius 2 is 1.38 bits per heavy atom. The van der Waals surface area contributed by atoms with Crippen molar-refractivity contribution < 1.29 is 0 Å². The summed E-state index contributed by atoms with van der Waals surface area (Å²) >= 11 is 0. The van der Waals surface area contributed by atoms with Crippen LogP contribution in [0.15, 0.2) is 60.7 Å². The summed E-state index contributed by atoms with van der Waals surface area (Å²) in [6.45, 7) is 0. The molecule has 1 heteroatoms. The van der Waals surface area contributed by atoms with Gasteiger partial charge in [-0.05, 0) is 29.6 Å². The molecule has 0 fully saturated rings. The Balaban J connectivity index is 1.92. The van der Waals surface area contributed by atoms with Crippen LogP contribution in [0.3, 0.4) is 0 Å². The largest absolute Gasteiger partial charge is 0.130 e. The molecule has 0 aromatic heterocycles. The van der Waals surface area contributed by atoms with Crippen molar-refractivity contribution in [1.29, 1.82) is 0 Å². The maximum absolute atomic E-state index is 2.94. The van der Waals surface area contributed by atoms with Gasteiger partial charge in [0.2, 0.25) is 0 Å². The zero-order chi connectivity index (χ0) is 11.2. The van der Waals surface area contributed by atoms with Crippen LogP contribution in [-0.4, -0.2) is 0 Å². The molecule has 0 nitrogen and oxygen atoms in total. The minimum absolute atomic E-state index is 0.557. The molecule has 2 atom stereocenters. The van der Waals surface area contributed by atoms with E-state index in [1.165, 1.54) is 17.5 Å². The van der Waals surface area contributed by atoms with Crippen LogP contribution in [0.4, 0.5) is 0 Å². The smallest absolute Gasteiger partial charge is 0.00114 e. The van der Waals surface area contributed by atoms with E-state index in [1.807, 2.05) is 0 Å². The van der Waals surface area contributed by atoms with Crippen molar-refractivity contribution >= 4 is 9.24 Å². The second-order valence-corrected chi connectivity index (χ2v) is 4.85. The summed E-state index contributed by atoms with van der Waals surface area (Å²) in [5.41, 5.74) is 3.38. The van der Waals surface area contributed by atoms with Crippen molar-refractivity contribution in [1.82, 2.24) is 0 Å². The van der Waals surface area contributed by atoms with Gasteiger partial charge in [0.05, 0.1) is 0 Å². The van der Waals surface area contributed by atoms with E-state index < -0.39 is 0 Å². The maximum Gasteiger partial charge on any atom is -0.00114 e. The van der Waals surface area contributed by atoms with Crippen molar-refractivity contribution in [2.24, 2.45) is 0 Å². The van der Waals surface area contributed by atoms with Gasteiger partial charge in [-0.25, -0.2) is 0 Å². The molecule has 0 N–H and O–H groups in total. The quantitative estimate of drug-likeness (QED) is 0.687. The molecule has 0 bridgehead atoms. The number of rotatable bonds is 4. The summed E-state index contributed by atoms with van der Waals surface area (Å²) in [6.07, 6.45) is 2.32. The second-order valence-electron chi connectivity index (χ2n) is 4.04. The van der Waals surface area contributed by atoms with Gasteiger partial charge < -0.3 is 0 Å². The number of aryl methyl sites for hydroxylation is 1. The SMILES string of the molecule is PC(CCc1ccccc1)c1ccccc1. The lowest BCUT2D eigenvalue weighted by atomic mass is 10.0. The third kappa shape index (κ3) is 3.18. The Kier molecular flexibility index (Phi) is 4.13. The first kappa shape index (κ1) is 11.4. The van der Waals surface area contributed by atoms with Gasteiger partial charge in [-0.15, -0.1) is 9.24 Å². The Morgan fingerprint density at radius 1 is 0.812 bits per heavy atom. The van der Waals surface area contributed by atoms with Crippen LogP contribution in [0.2, 0.25) is 0 Å². The van der Waals surface area contributed by atoms with E-state index >= 15 is 0 Å². The van der Waals surface area contributed by atoms with E-state index in [9.17, 15) is 0 Å². The van der Waals surface area contributed by atoms with Gasteiger partial charge in [-0.3, -0.25) is 0 Å². The van der Waals surface area contributed by atoms with Crippen LogP contribution in [0.25, 0.3) is 0 Å². The molecule has 0 aliphatic heterocycles. The van der Waals surface area contributed by atoms with E-state index in [-0.39, 0.29) is 0 Å². The first-order chi connectivity index (χ1) is 7.86. The van der Waals surface area contributed by atoms with E-state index in [0.29, 0.717) is 5.66 Å². The average molecular weight is 228 g/mol. The summed E-state index contributed by atoms with van der Waals surface area (Å²) in [5, 5.41) is 0. The van der Waals surface area contributed by atoms with Crippen LogP contribution in [0.1, 0.15) is 23.2 Å². The number of hydrogen-bond donors (Lipinski definition) is 0. The number of benzene rings is 2. The molecule has 82 valence electrons. The van der Waals surface area contributed by atoms with Crippen molar-refractivity contribution in [2.75, 3.05) is 0 Å². The summed E-state index contributed by atoms with van der Waals surface area (Å²) < 4.78 is 0. The van der Waals surface area contributed by atoms with Crippen molar-refractivity contribution in [3.63, 3.8) is 0 Å². The third-order valence-electron chi connectivity index (χ3n) is 2.81. The van der Waals surface area contributed by atoms with Crippen LogP contribution >= 0.6 is 9.24 Å². The summed E-state index contributed by atoms with van der Waals surface area (Å²) in [4.78, 5) is 0. The zero-order valence-corrected chi connectivity index (χ0v) is 10.5. The van der Waals surface area contributed by atoms with Gasteiger partial charge in [0.25, 0.3) is 0 Å². The van der Waals surface area contributed by atoms with Gasteiger partial charge in [-0.2, -0.15) is 0 Å². The normalized spacial score (nSPS) is 12.3. The molecule has 0 saturated heterocycles. The van der Waals surface area contributed by atoms with Crippen molar-refractivity contribution in [3.8, 4) is 0 Å². The highest BCUT2D eigenvalue weighted by atomic mass is 31.0. The molecule has 16 heavy (non-hydrogen) atoms. The van der Waals surface area contributed by atoms with Gasteiger partial charge in [0.15, 0.2) is 0 Å². The minimum Gasteiger partial charge on any atom is -0.130 e. The summed E-state index contributed by atoms with van der Waals surface area (Å²) in [6, 6.07) is 21.3. The minimum atomic E-state index is 0.557.